The molecule has 0 N–H and O–H groups in total. The second kappa shape index (κ2) is 10.9. The van der Waals surface area contributed by atoms with Gasteiger partial charge in [-0.2, -0.15) is 0 Å². The quantitative estimate of drug-likeness (QED) is 0.477. The van der Waals surface area contributed by atoms with Crippen LogP contribution < -0.4 is 9.04 Å². The molecule has 1 aliphatic heterocycles. The van der Waals surface area contributed by atoms with Crippen LogP contribution in [0.2, 0.25) is 0 Å². The molecule has 0 bridgehead atoms. The molecule has 0 unspecified atom stereocenters. The zero-order valence-corrected chi connectivity index (χ0v) is 20.3. The molecule has 184 valence electrons. The molecule has 0 spiro atoms. The first-order valence-corrected chi connectivity index (χ1v) is 12.8. The Morgan fingerprint density at radius 3 is 2.14 bits per heavy atom. The van der Waals surface area contributed by atoms with Crippen LogP contribution in [0.1, 0.15) is 5.56 Å². The number of methoxy groups -OCH3 is 1. The summed E-state index contributed by atoms with van der Waals surface area (Å²) in [4.78, 5) is 17.2. The molecule has 0 atom stereocenters. The van der Waals surface area contributed by atoms with E-state index < -0.39 is 15.8 Å². The monoisotopic (exact) mass is 497 g/mol. The third-order valence-electron chi connectivity index (χ3n) is 6.01. The molecule has 0 saturated carbocycles. The normalized spacial score (nSPS) is 14.5. The molecule has 7 nitrogen and oxygen atoms in total. The third kappa shape index (κ3) is 5.98. The molecule has 1 heterocycles. The number of anilines is 1. The molecule has 1 saturated heterocycles. The maximum Gasteiger partial charge on any atom is 0.264 e. The first-order chi connectivity index (χ1) is 16.9. The van der Waals surface area contributed by atoms with Gasteiger partial charge in [0.15, 0.2) is 0 Å². The van der Waals surface area contributed by atoms with E-state index in [1.54, 1.807) is 17.0 Å². The van der Waals surface area contributed by atoms with E-state index in [-0.39, 0.29) is 23.0 Å². The van der Waals surface area contributed by atoms with Gasteiger partial charge in [-0.3, -0.25) is 14.0 Å². The Bertz CT molecular complexity index is 1230. The van der Waals surface area contributed by atoms with Crippen molar-refractivity contribution in [1.82, 2.24) is 9.80 Å². The fourth-order valence-electron chi connectivity index (χ4n) is 4.02. The summed E-state index contributed by atoms with van der Waals surface area (Å²) in [7, 11) is -2.59. The van der Waals surface area contributed by atoms with Crippen LogP contribution in [0.4, 0.5) is 10.1 Å². The molecule has 1 fully saturated rings. The number of piperazine rings is 1. The lowest BCUT2D eigenvalue weighted by Crippen LogP contribution is -2.51. The Morgan fingerprint density at radius 2 is 1.54 bits per heavy atom. The van der Waals surface area contributed by atoms with E-state index in [2.05, 4.69) is 17.0 Å². The number of halogens is 1. The number of carbonyl (C=O) groups is 1. The Labute approximate surface area is 205 Å². The van der Waals surface area contributed by atoms with Crippen molar-refractivity contribution in [3.8, 4) is 5.75 Å². The van der Waals surface area contributed by atoms with Crippen LogP contribution in [0.25, 0.3) is 0 Å². The minimum absolute atomic E-state index is 0.0168. The summed E-state index contributed by atoms with van der Waals surface area (Å²) in [5.41, 5.74) is 1.43. The Kier molecular flexibility index (Phi) is 7.67. The van der Waals surface area contributed by atoms with Gasteiger partial charge in [0, 0.05) is 32.7 Å². The van der Waals surface area contributed by atoms with E-state index in [1.807, 2.05) is 18.2 Å². The maximum absolute atomic E-state index is 13.5. The predicted molar refractivity (Wildman–Crippen MR) is 132 cm³/mol. The van der Waals surface area contributed by atoms with Crippen molar-refractivity contribution in [2.75, 3.05) is 44.1 Å². The zero-order valence-electron chi connectivity index (χ0n) is 19.5. The fraction of sp³-hybridized carbons (Fsp3) is 0.269. The van der Waals surface area contributed by atoms with Gasteiger partial charge in [0.25, 0.3) is 10.0 Å². The second-order valence-corrected chi connectivity index (χ2v) is 10.2. The highest BCUT2D eigenvalue weighted by atomic mass is 32.2. The van der Waals surface area contributed by atoms with Gasteiger partial charge in [-0.25, -0.2) is 12.8 Å². The van der Waals surface area contributed by atoms with E-state index >= 15 is 0 Å². The standard InChI is InChI=1S/C26H28FN3O4S/c1-34-24-11-13-25(14-12-24)35(32,33)30(23-9-7-22(27)8-10-23)20-26(31)29-17-15-28(16-18-29)19-21-5-3-2-4-6-21/h2-14H,15-20H2,1H3. The maximum atomic E-state index is 13.5. The highest BCUT2D eigenvalue weighted by molar-refractivity contribution is 7.92. The molecule has 4 rings (SSSR count). The lowest BCUT2D eigenvalue weighted by Gasteiger charge is -2.36. The van der Waals surface area contributed by atoms with Gasteiger partial charge >= 0.3 is 0 Å². The van der Waals surface area contributed by atoms with Gasteiger partial charge in [-0.15, -0.1) is 0 Å². The number of rotatable bonds is 8. The number of carbonyl (C=O) groups excluding carboxylic acids is 1. The number of sulfonamides is 1. The summed E-state index contributed by atoms with van der Waals surface area (Å²) >= 11 is 0. The van der Waals surface area contributed by atoms with Crippen LogP contribution in [0.5, 0.6) is 5.75 Å². The van der Waals surface area contributed by atoms with Crippen LogP contribution in [-0.2, 0) is 21.4 Å². The Hall–Kier alpha value is -3.43. The third-order valence-corrected chi connectivity index (χ3v) is 7.80. The van der Waals surface area contributed by atoms with Crippen LogP contribution >= 0.6 is 0 Å². The first kappa shape index (κ1) is 24.7. The molecule has 35 heavy (non-hydrogen) atoms. The van der Waals surface area contributed by atoms with Crippen molar-refractivity contribution in [3.05, 3.63) is 90.2 Å². The van der Waals surface area contributed by atoms with E-state index in [4.69, 9.17) is 4.74 Å². The average Bonchev–Trinajstić information content (AvgIpc) is 2.89. The number of amides is 1. The molecule has 9 heteroatoms. The first-order valence-electron chi connectivity index (χ1n) is 11.3. The van der Waals surface area contributed by atoms with Crippen molar-refractivity contribution < 1.29 is 22.3 Å². The molecule has 3 aromatic rings. The molecule has 0 radical (unpaired) electrons. The Balaban J connectivity index is 1.49. The van der Waals surface area contributed by atoms with Gasteiger partial charge in [0.05, 0.1) is 17.7 Å². The van der Waals surface area contributed by atoms with Crippen LogP contribution in [0.3, 0.4) is 0 Å². The van der Waals surface area contributed by atoms with Gasteiger partial charge in [-0.1, -0.05) is 30.3 Å². The average molecular weight is 498 g/mol. The van der Waals surface area contributed by atoms with Crippen molar-refractivity contribution in [2.24, 2.45) is 0 Å². The lowest BCUT2D eigenvalue weighted by atomic mass is 10.2. The summed E-state index contributed by atoms with van der Waals surface area (Å²) in [6.07, 6.45) is 0. The largest absolute Gasteiger partial charge is 0.497 e. The summed E-state index contributed by atoms with van der Waals surface area (Å²) in [6.45, 7) is 2.83. The Morgan fingerprint density at radius 1 is 0.914 bits per heavy atom. The zero-order chi connectivity index (χ0) is 24.8. The smallest absolute Gasteiger partial charge is 0.264 e. The van der Waals surface area contributed by atoms with Crippen LogP contribution in [-0.4, -0.2) is 64.0 Å². The van der Waals surface area contributed by atoms with Crippen LogP contribution in [0, 0.1) is 5.82 Å². The molecular formula is C26H28FN3O4S. The SMILES string of the molecule is COc1ccc(S(=O)(=O)N(CC(=O)N2CCN(Cc3ccccc3)CC2)c2ccc(F)cc2)cc1. The minimum Gasteiger partial charge on any atom is -0.497 e. The number of nitrogens with zero attached hydrogens (tertiary/aromatic N) is 3. The highest BCUT2D eigenvalue weighted by Gasteiger charge is 2.30. The number of hydrogen-bond acceptors (Lipinski definition) is 5. The summed E-state index contributed by atoms with van der Waals surface area (Å²) in [5, 5.41) is 0. The summed E-state index contributed by atoms with van der Waals surface area (Å²) < 4.78 is 46.7. The van der Waals surface area contributed by atoms with E-state index in [0.29, 0.717) is 31.9 Å². The summed E-state index contributed by atoms with van der Waals surface area (Å²) in [5.74, 6) is -0.274. The molecule has 3 aromatic carbocycles. The van der Waals surface area contributed by atoms with Gasteiger partial charge in [-0.05, 0) is 54.1 Å². The number of ether oxygens (including phenoxy) is 1. The fourth-order valence-corrected chi connectivity index (χ4v) is 5.43. The molecule has 0 aromatic heterocycles. The van der Waals surface area contributed by atoms with Crippen LogP contribution in [0.15, 0.2) is 83.8 Å². The molecule has 1 aliphatic rings. The topological polar surface area (TPSA) is 70.2 Å². The minimum atomic E-state index is -4.08. The lowest BCUT2D eigenvalue weighted by molar-refractivity contribution is -0.131. The molecule has 1 amide bonds. The van der Waals surface area contributed by atoms with Crippen molar-refractivity contribution >= 4 is 21.6 Å². The number of hydrogen-bond donors (Lipinski definition) is 0. The van der Waals surface area contributed by atoms with Crippen molar-refractivity contribution in [2.45, 2.75) is 11.4 Å². The van der Waals surface area contributed by atoms with Crippen molar-refractivity contribution in [3.63, 3.8) is 0 Å². The second-order valence-electron chi connectivity index (χ2n) is 8.31. The number of benzene rings is 3. The van der Waals surface area contributed by atoms with Crippen molar-refractivity contribution in [1.29, 1.82) is 0 Å². The van der Waals surface area contributed by atoms with E-state index in [0.717, 1.165) is 10.8 Å². The van der Waals surface area contributed by atoms with Gasteiger partial charge in [0.2, 0.25) is 5.91 Å². The highest BCUT2D eigenvalue weighted by Crippen LogP contribution is 2.26. The van der Waals surface area contributed by atoms with Gasteiger partial charge < -0.3 is 9.64 Å². The van der Waals surface area contributed by atoms with Gasteiger partial charge in [0.1, 0.15) is 18.1 Å². The molecular weight excluding hydrogens is 469 g/mol. The predicted octanol–water partition coefficient (Wildman–Crippen LogP) is 3.37. The van der Waals surface area contributed by atoms with E-state index in [9.17, 15) is 17.6 Å². The molecule has 0 aliphatic carbocycles. The van der Waals surface area contributed by atoms with E-state index in [1.165, 1.54) is 49.1 Å². The summed E-state index contributed by atoms with van der Waals surface area (Å²) in [6, 6.07) is 21.2.